The van der Waals surface area contributed by atoms with Gasteiger partial charge in [0.05, 0.1) is 5.03 Å². The van der Waals surface area contributed by atoms with Crippen molar-refractivity contribution in [3.63, 3.8) is 0 Å². The van der Waals surface area contributed by atoms with Gasteiger partial charge in [-0.2, -0.15) is 4.31 Å². The lowest BCUT2D eigenvalue weighted by molar-refractivity contribution is 0.477. The fraction of sp³-hybridized carbons (Fsp3) is 0.353. The van der Waals surface area contributed by atoms with Crippen molar-refractivity contribution in [3.8, 4) is 0 Å². The fourth-order valence-corrected chi connectivity index (χ4v) is 5.02. The second-order valence-electron chi connectivity index (χ2n) is 5.61. The van der Waals surface area contributed by atoms with E-state index in [1.165, 1.54) is 11.8 Å². The Bertz CT molecular complexity index is 740. The van der Waals surface area contributed by atoms with Gasteiger partial charge in [0, 0.05) is 24.5 Å². The number of hydrogen-bond donors (Lipinski definition) is 0. The zero-order chi connectivity index (χ0) is 16.3. The zero-order valence-corrected chi connectivity index (χ0v) is 14.7. The summed E-state index contributed by atoms with van der Waals surface area (Å²) in [6.07, 6.45) is 3.36. The molecule has 1 aliphatic rings. The molecule has 0 unspecified atom stereocenters. The van der Waals surface area contributed by atoms with E-state index >= 15 is 0 Å². The molecule has 0 aliphatic carbocycles. The van der Waals surface area contributed by atoms with E-state index in [1.807, 2.05) is 18.2 Å². The van der Waals surface area contributed by atoms with E-state index in [-0.39, 0.29) is 10.1 Å². The van der Waals surface area contributed by atoms with Crippen molar-refractivity contribution >= 4 is 21.8 Å². The molecule has 2 heterocycles. The molecule has 0 amide bonds. The van der Waals surface area contributed by atoms with Gasteiger partial charge < -0.3 is 0 Å². The molecule has 0 saturated carbocycles. The average Bonchev–Trinajstić information content (AvgIpc) is 3.11. The first-order valence-electron chi connectivity index (χ1n) is 7.75. The highest BCUT2D eigenvalue weighted by molar-refractivity contribution is 7.99. The number of pyridine rings is 1. The summed E-state index contributed by atoms with van der Waals surface area (Å²) < 4.78 is 26.5. The van der Waals surface area contributed by atoms with Gasteiger partial charge in [0.15, 0.2) is 0 Å². The Balaban J connectivity index is 1.72. The monoisotopic (exact) mass is 348 g/mol. The van der Waals surface area contributed by atoms with Gasteiger partial charge in [0.25, 0.3) is 0 Å². The standard InChI is InChI=1S/C17H20N2O2S2/c1-14(15-7-3-2-4-8-15)22-17-10-9-16(13-18-17)23(20,21)19-11-5-6-12-19/h2-4,7-10,13-14H,5-6,11-12H2,1H3/t14-/m0/s1. The van der Waals surface area contributed by atoms with Gasteiger partial charge in [-0.3, -0.25) is 0 Å². The van der Waals surface area contributed by atoms with E-state index in [2.05, 4.69) is 24.0 Å². The van der Waals surface area contributed by atoms with E-state index in [4.69, 9.17) is 0 Å². The molecular formula is C17H20N2O2S2. The number of nitrogens with zero attached hydrogens (tertiary/aromatic N) is 2. The Labute approximate surface area is 142 Å². The predicted molar refractivity (Wildman–Crippen MR) is 92.9 cm³/mol. The number of rotatable bonds is 5. The maximum absolute atomic E-state index is 12.5. The minimum absolute atomic E-state index is 0.268. The summed E-state index contributed by atoms with van der Waals surface area (Å²) >= 11 is 1.63. The van der Waals surface area contributed by atoms with Crippen LogP contribution in [0.25, 0.3) is 0 Å². The first kappa shape index (κ1) is 16.5. The zero-order valence-electron chi connectivity index (χ0n) is 13.1. The van der Waals surface area contributed by atoms with Crippen molar-refractivity contribution in [3.05, 3.63) is 54.2 Å². The predicted octanol–water partition coefficient (Wildman–Crippen LogP) is 3.72. The van der Waals surface area contributed by atoms with Gasteiger partial charge >= 0.3 is 0 Å². The number of hydrogen-bond acceptors (Lipinski definition) is 4. The van der Waals surface area contributed by atoms with Crippen molar-refractivity contribution in [2.45, 2.75) is 34.9 Å². The maximum Gasteiger partial charge on any atom is 0.244 e. The summed E-state index contributed by atoms with van der Waals surface area (Å²) in [5.41, 5.74) is 1.23. The number of sulfonamides is 1. The summed E-state index contributed by atoms with van der Waals surface area (Å²) in [6.45, 7) is 3.35. The van der Waals surface area contributed by atoms with Crippen molar-refractivity contribution in [2.75, 3.05) is 13.1 Å². The summed E-state index contributed by atoms with van der Waals surface area (Å²) in [7, 11) is -3.37. The molecule has 0 N–H and O–H groups in total. The molecule has 1 aliphatic heterocycles. The number of thioether (sulfide) groups is 1. The fourth-order valence-electron chi connectivity index (χ4n) is 2.64. The molecule has 0 spiro atoms. The van der Waals surface area contributed by atoms with E-state index in [0.717, 1.165) is 17.9 Å². The molecule has 1 aromatic heterocycles. The highest BCUT2D eigenvalue weighted by atomic mass is 32.2. The van der Waals surface area contributed by atoms with Gasteiger partial charge in [-0.25, -0.2) is 13.4 Å². The largest absolute Gasteiger partial charge is 0.249 e. The topological polar surface area (TPSA) is 50.3 Å². The van der Waals surface area contributed by atoms with Crippen molar-refractivity contribution < 1.29 is 8.42 Å². The molecule has 23 heavy (non-hydrogen) atoms. The van der Waals surface area contributed by atoms with Crippen LogP contribution >= 0.6 is 11.8 Å². The van der Waals surface area contributed by atoms with Crippen LogP contribution in [0.2, 0.25) is 0 Å². The van der Waals surface area contributed by atoms with Crippen LogP contribution in [0.15, 0.2) is 58.6 Å². The van der Waals surface area contributed by atoms with Gasteiger partial charge in [-0.15, -0.1) is 0 Å². The smallest absolute Gasteiger partial charge is 0.244 e. The van der Waals surface area contributed by atoms with Crippen LogP contribution in [-0.2, 0) is 10.0 Å². The average molecular weight is 348 g/mol. The lowest BCUT2D eigenvalue weighted by Gasteiger charge is -2.15. The van der Waals surface area contributed by atoms with Crippen LogP contribution in [-0.4, -0.2) is 30.8 Å². The molecule has 1 aromatic carbocycles. The second kappa shape index (κ2) is 7.03. The van der Waals surface area contributed by atoms with Crippen LogP contribution in [0, 0.1) is 0 Å². The third-order valence-corrected chi connectivity index (χ3v) is 6.97. The second-order valence-corrected chi connectivity index (χ2v) is 8.91. The van der Waals surface area contributed by atoms with Crippen molar-refractivity contribution in [2.24, 2.45) is 0 Å². The quantitative estimate of drug-likeness (QED) is 0.773. The summed E-state index contributed by atoms with van der Waals surface area (Å²) in [5.74, 6) is 0. The van der Waals surface area contributed by atoms with Crippen LogP contribution in [0.3, 0.4) is 0 Å². The SMILES string of the molecule is C[C@H](Sc1ccc(S(=O)(=O)N2CCCC2)cn1)c1ccccc1. The Kier molecular flexibility index (Phi) is 5.04. The molecule has 1 saturated heterocycles. The Morgan fingerprint density at radius 1 is 1.09 bits per heavy atom. The molecule has 1 fully saturated rings. The van der Waals surface area contributed by atoms with Crippen LogP contribution < -0.4 is 0 Å². The third-order valence-electron chi connectivity index (χ3n) is 3.98. The normalized spacial score (nSPS) is 17.3. The van der Waals surface area contributed by atoms with E-state index in [0.29, 0.717) is 13.1 Å². The molecule has 6 heteroatoms. The summed E-state index contributed by atoms with van der Waals surface area (Å²) in [5, 5.41) is 1.10. The van der Waals surface area contributed by atoms with Crippen LogP contribution in [0.5, 0.6) is 0 Å². The molecule has 0 radical (unpaired) electrons. The molecular weight excluding hydrogens is 328 g/mol. The van der Waals surface area contributed by atoms with Crippen molar-refractivity contribution in [1.82, 2.24) is 9.29 Å². The summed E-state index contributed by atoms with van der Waals surface area (Å²) in [6, 6.07) is 13.7. The van der Waals surface area contributed by atoms with Gasteiger partial charge in [0.2, 0.25) is 10.0 Å². The Morgan fingerprint density at radius 3 is 2.39 bits per heavy atom. The first-order chi connectivity index (χ1) is 11.1. The lowest BCUT2D eigenvalue weighted by atomic mass is 10.2. The molecule has 122 valence electrons. The Morgan fingerprint density at radius 2 is 1.78 bits per heavy atom. The molecule has 2 aromatic rings. The highest BCUT2D eigenvalue weighted by Gasteiger charge is 2.27. The Hall–Kier alpha value is -1.37. The number of aromatic nitrogens is 1. The van der Waals surface area contributed by atoms with Crippen molar-refractivity contribution in [1.29, 1.82) is 0 Å². The lowest BCUT2D eigenvalue weighted by Crippen LogP contribution is -2.27. The van der Waals surface area contributed by atoms with Gasteiger partial charge in [-0.05, 0) is 37.5 Å². The molecule has 1 atom stereocenters. The maximum atomic E-state index is 12.5. The van der Waals surface area contributed by atoms with E-state index in [9.17, 15) is 8.42 Å². The molecule has 4 nitrogen and oxygen atoms in total. The first-order valence-corrected chi connectivity index (χ1v) is 10.1. The summed E-state index contributed by atoms with van der Waals surface area (Å²) in [4.78, 5) is 4.63. The van der Waals surface area contributed by atoms with Gasteiger partial charge in [0.1, 0.15) is 4.90 Å². The van der Waals surface area contributed by atoms with Crippen LogP contribution in [0.4, 0.5) is 0 Å². The minimum Gasteiger partial charge on any atom is -0.249 e. The minimum atomic E-state index is -3.37. The third kappa shape index (κ3) is 3.76. The van der Waals surface area contributed by atoms with E-state index < -0.39 is 10.0 Å². The van der Waals surface area contributed by atoms with Gasteiger partial charge in [-0.1, -0.05) is 42.1 Å². The van der Waals surface area contributed by atoms with Crippen LogP contribution in [0.1, 0.15) is 30.6 Å². The molecule has 0 bridgehead atoms. The number of benzene rings is 1. The molecule has 3 rings (SSSR count). The highest BCUT2D eigenvalue weighted by Crippen LogP contribution is 2.33. The van der Waals surface area contributed by atoms with E-state index in [1.54, 1.807) is 28.2 Å².